The maximum Gasteiger partial charge on any atom is 0.209 e. The molecule has 3 heterocycles. The van der Waals surface area contributed by atoms with E-state index in [1.54, 1.807) is 0 Å². The van der Waals surface area contributed by atoms with Gasteiger partial charge in [0.05, 0.1) is 0 Å². The summed E-state index contributed by atoms with van der Waals surface area (Å²) >= 11 is 2.93. The summed E-state index contributed by atoms with van der Waals surface area (Å²) in [4.78, 5) is 2.25. The number of rotatable bonds is 3. The van der Waals surface area contributed by atoms with Gasteiger partial charge in [-0.1, -0.05) is 22.7 Å². The molecule has 4 N–H and O–H groups in total. The van der Waals surface area contributed by atoms with E-state index in [9.17, 15) is 0 Å². The van der Waals surface area contributed by atoms with Crippen LogP contribution in [-0.4, -0.2) is 33.5 Å². The summed E-state index contributed by atoms with van der Waals surface area (Å²) in [5.41, 5.74) is 11.2. The molecule has 1 aliphatic heterocycles. The van der Waals surface area contributed by atoms with Crippen molar-refractivity contribution in [3.8, 4) is 0 Å². The summed E-state index contributed by atoms with van der Waals surface area (Å²) in [5.74, 6) is 0.647. The van der Waals surface area contributed by atoms with E-state index in [0.29, 0.717) is 16.2 Å². The highest BCUT2D eigenvalue weighted by Crippen LogP contribution is 2.29. The van der Waals surface area contributed by atoms with Crippen molar-refractivity contribution < 1.29 is 0 Å². The van der Waals surface area contributed by atoms with Gasteiger partial charge in [-0.2, -0.15) is 0 Å². The van der Waals surface area contributed by atoms with Crippen molar-refractivity contribution in [2.45, 2.75) is 19.3 Å². The Morgan fingerprint density at radius 3 is 2.26 bits per heavy atom. The zero-order valence-electron chi connectivity index (χ0n) is 10.3. The number of hydrogen-bond acceptors (Lipinski definition) is 9. The van der Waals surface area contributed by atoms with Crippen LogP contribution in [-0.2, 0) is 6.42 Å². The third-order valence-corrected chi connectivity index (χ3v) is 4.85. The average Bonchev–Trinajstić information content (AvgIpc) is 3.00. The number of piperidine rings is 1. The van der Waals surface area contributed by atoms with Crippen LogP contribution in [0.5, 0.6) is 0 Å². The molecular weight excluding hydrogens is 282 g/mol. The van der Waals surface area contributed by atoms with Crippen LogP contribution < -0.4 is 16.4 Å². The van der Waals surface area contributed by atoms with E-state index in [1.165, 1.54) is 22.7 Å². The van der Waals surface area contributed by atoms with Crippen molar-refractivity contribution in [2.75, 3.05) is 29.5 Å². The fraction of sp³-hybridized carbons (Fsp3) is 0.600. The first-order chi connectivity index (χ1) is 9.20. The smallest absolute Gasteiger partial charge is 0.209 e. The highest BCUT2D eigenvalue weighted by atomic mass is 32.1. The Morgan fingerprint density at radius 2 is 1.68 bits per heavy atom. The molecule has 0 radical (unpaired) electrons. The van der Waals surface area contributed by atoms with E-state index in [0.717, 1.165) is 42.5 Å². The second-order valence-electron chi connectivity index (χ2n) is 4.59. The van der Waals surface area contributed by atoms with Crippen molar-refractivity contribution in [1.29, 1.82) is 0 Å². The first-order valence-electron chi connectivity index (χ1n) is 6.12. The molecule has 0 amide bonds. The monoisotopic (exact) mass is 297 g/mol. The van der Waals surface area contributed by atoms with Crippen LogP contribution in [0.2, 0.25) is 0 Å². The van der Waals surface area contributed by atoms with Crippen molar-refractivity contribution in [3.05, 3.63) is 5.01 Å². The largest absolute Gasteiger partial charge is 0.374 e. The van der Waals surface area contributed by atoms with E-state index in [4.69, 9.17) is 11.5 Å². The minimum atomic E-state index is 0.529. The van der Waals surface area contributed by atoms with Crippen LogP contribution in [0, 0.1) is 5.92 Å². The van der Waals surface area contributed by atoms with Gasteiger partial charge in [0.2, 0.25) is 15.4 Å². The molecule has 0 saturated carbocycles. The highest BCUT2D eigenvalue weighted by molar-refractivity contribution is 7.18. The van der Waals surface area contributed by atoms with Crippen LogP contribution in [0.1, 0.15) is 17.8 Å². The molecule has 7 nitrogen and oxygen atoms in total. The summed E-state index contributed by atoms with van der Waals surface area (Å²) in [6, 6.07) is 0. The molecule has 0 bridgehead atoms. The third-order valence-electron chi connectivity index (χ3n) is 3.26. The van der Waals surface area contributed by atoms with Gasteiger partial charge in [0, 0.05) is 19.5 Å². The predicted octanol–water partition coefficient (Wildman–Crippen LogP) is 1.01. The molecule has 3 rings (SSSR count). The Kier molecular flexibility index (Phi) is 3.47. The normalized spacial score (nSPS) is 16.9. The van der Waals surface area contributed by atoms with E-state index in [1.807, 2.05) is 0 Å². The molecule has 1 aliphatic rings. The molecule has 0 unspecified atom stereocenters. The van der Waals surface area contributed by atoms with Gasteiger partial charge in [-0.3, -0.25) is 0 Å². The minimum absolute atomic E-state index is 0.529. The van der Waals surface area contributed by atoms with E-state index in [-0.39, 0.29) is 0 Å². The first-order valence-corrected chi connectivity index (χ1v) is 7.76. The van der Waals surface area contributed by atoms with Crippen molar-refractivity contribution >= 4 is 38.1 Å². The molecule has 102 valence electrons. The quantitative estimate of drug-likeness (QED) is 0.870. The Labute approximate surface area is 118 Å². The fourth-order valence-corrected chi connectivity index (χ4v) is 3.66. The molecule has 2 aromatic heterocycles. The van der Waals surface area contributed by atoms with Crippen molar-refractivity contribution in [2.24, 2.45) is 5.92 Å². The summed E-state index contributed by atoms with van der Waals surface area (Å²) < 4.78 is 0. The number of hydrogen-bond donors (Lipinski definition) is 2. The zero-order chi connectivity index (χ0) is 13.2. The summed E-state index contributed by atoms with van der Waals surface area (Å²) in [6.07, 6.45) is 3.22. The molecule has 0 atom stereocenters. The van der Waals surface area contributed by atoms with Gasteiger partial charge < -0.3 is 16.4 Å². The molecular formula is C10H15N7S2. The van der Waals surface area contributed by atoms with Gasteiger partial charge in [-0.15, -0.1) is 20.4 Å². The summed E-state index contributed by atoms with van der Waals surface area (Å²) in [5, 5.41) is 18.9. The van der Waals surface area contributed by atoms with Gasteiger partial charge >= 0.3 is 0 Å². The van der Waals surface area contributed by atoms with Gasteiger partial charge in [0.15, 0.2) is 0 Å². The number of anilines is 3. The van der Waals surface area contributed by atoms with Crippen LogP contribution in [0.4, 0.5) is 15.4 Å². The SMILES string of the molecule is Nc1nnc(CC2CCN(c3nnc(N)s3)CC2)s1. The Balaban J connectivity index is 1.54. The fourth-order valence-electron chi connectivity index (χ4n) is 2.28. The molecule has 9 heteroatoms. The lowest BCUT2D eigenvalue weighted by Gasteiger charge is -2.30. The number of nitrogens with two attached hydrogens (primary N) is 2. The Morgan fingerprint density at radius 1 is 1.00 bits per heavy atom. The van der Waals surface area contributed by atoms with Crippen LogP contribution in [0.3, 0.4) is 0 Å². The topological polar surface area (TPSA) is 107 Å². The van der Waals surface area contributed by atoms with Crippen molar-refractivity contribution in [3.63, 3.8) is 0 Å². The number of nitrogens with zero attached hydrogens (tertiary/aromatic N) is 5. The molecule has 19 heavy (non-hydrogen) atoms. The molecule has 2 aromatic rings. The lowest BCUT2D eigenvalue weighted by atomic mass is 9.94. The lowest BCUT2D eigenvalue weighted by molar-refractivity contribution is 0.402. The van der Waals surface area contributed by atoms with Crippen molar-refractivity contribution in [1.82, 2.24) is 20.4 Å². The van der Waals surface area contributed by atoms with E-state index >= 15 is 0 Å². The highest BCUT2D eigenvalue weighted by Gasteiger charge is 2.22. The Hall–Kier alpha value is -1.48. The number of nitrogen functional groups attached to an aromatic ring is 2. The van der Waals surface area contributed by atoms with E-state index < -0.39 is 0 Å². The molecule has 1 fully saturated rings. The molecule has 0 aromatic carbocycles. The molecule has 0 spiro atoms. The summed E-state index contributed by atoms with van der Waals surface area (Å²) in [6.45, 7) is 1.99. The predicted molar refractivity (Wildman–Crippen MR) is 77.3 cm³/mol. The maximum atomic E-state index is 5.61. The van der Waals surface area contributed by atoms with E-state index in [2.05, 4.69) is 25.3 Å². The average molecular weight is 297 g/mol. The Bertz CT molecular complexity index is 544. The third kappa shape index (κ3) is 2.92. The van der Waals surface area contributed by atoms with Gasteiger partial charge in [-0.25, -0.2) is 0 Å². The van der Waals surface area contributed by atoms with Gasteiger partial charge in [0.1, 0.15) is 5.01 Å². The second kappa shape index (κ2) is 5.25. The minimum Gasteiger partial charge on any atom is -0.374 e. The first kappa shape index (κ1) is 12.5. The van der Waals surface area contributed by atoms with Crippen LogP contribution in [0.25, 0.3) is 0 Å². The number of aromatic nitrogens is 4. The van der Waals surface area contributed by atoms with Crippen LogP contribution in [0.15, 0.2) is 0 Å². The maximum absolute atomic E-state index is 5.61. The van der Waals surface area contributed by atoms with Gasteiger partial charge in [0.25, 0.3) is 0 Å². The molecule has 1 saturated heterocycles. The lowest BCUT2D eigenvalue weighted by Crippen LogP contribution is -2.34. The van der Waals surface area contributed by atoms with Gasteiger partial charge in [-0.05, 0) is 18.8 Å². The van der Waals surface area contributed by atoms with Crippen LogP contribution >= 0.6 is 22.7 Å². The standard InChI is InChI=1S/C10H15N7S2/c11-8-14-13-7(18-8)5-6-1-3-17(4-2-6)10-16-15-9(12)19-10/h6H,1-5H2,(H2,11,14)(H2,12,15). The zero-order valence-corrected chi connectivity index (χ0v) is 12.0. The summed E-state index contributed by atoms with van der Waals surface area (Å²) in [7, 11) is 0. The second-order valence-corrected chi connectivity index (χ2v) is 6.67. The molecule has 0 aliphatic carbocycles.